The lowest BCUT2D eigenvalue weighted by atomic mass is 9.96. The van der Waals surface area contributed by atoms with Crippen molar-refractivity contribution in [3.63, 3.8) is 0 Å². The van der Waals surface area contributed by atoms with Crippen molar-refractivity contribution < 1.29 is 10.2 Å². The third kappa shape index (κ3) is 3.46. The van der Waals surface area contributed by atoms with Crippen molar-refractivity contribution in [2.45, 2.75) is 45.1 Å². The van der Waals surface area contributed by atoms with Gasteiger partial charge < -0.3 is 15.1 Å². The van der Waals surface area contributed by atoms with Crippen LogP contribution < -0.4 is 4.90 Å². The lowest BCUT2D eigenvalue weighted by molar-refractivity contribution is 0.154. The molecule has 1 saturated carbocycles. The van der Waals surface area contributed by atoms with Gasteiger partial charge in [-0.1, -0.05) is 12.1 Å². The van der Waals surface area contributed by atoms with Crippen LogP contribution in [0, 0.1) is 12.8 Å². The fraction of sp³-hybridized carbons (Fsp3) is 0.400. The van der Waals surface area contributed by atoms with Crippen LogP contribution in [0.3, 0.4) is 0 Å². The number of benzene rings is 2. The van der Waals surface area contributed by atoms with E-state index >= 15 is 0 Å². The van der Waals surface area contributed by atoms with E-state index in [0.717, 1.165) is 59.1 Å². The topological polar surface area (TPSA) is 56.6 Å². The molecule has 4 heteroatoms. The maximum Gasteiger partial charge on any atom is 0.118 e. The molecule has 1 atom stereocenters. The number of aromatic nitrogens is 1. The maximum atomic E-state index is 11.0. The maximum absolute atomic E-state index is 11.0. The molecule has 3 aromatic rings. The molecule has 1 saturated heterocycles. The molecule has 5 rings (SSSR count). The standard InChI is InChI=1S/C25H28N2O2/c1-16-13-18(8-10-23(16)28)19-7-9-22-20(14-19)24(27-11-3-2-4-12-27)21(15-26-22)25(29)17-5-6-17/h7-10,13-15,17,25,28-29H,2-6,11-12H2,1H3. The Balaban J connectivity index is 1.68. The van der Waals surface area contributed by atoms with Crippen LogP contribution >= 0.6 is 0 Å². The van der Waals surface area contributed by atoms with Crippen LogP contribution in [-0.2, 0) is 0 Å². The van der Waals surface area contributed by atoms with Gasteiger partial charge in [-0.3, -0.25) is 4.98 Å². The number of aryl methyl sites for hydroxylation is 1. The van der Waals surface area contributed by atoms with Crippen LogP contribution in [0.2, 0.25) is 0 Å². The molecular formula is C25H28N2O2. The van der Waals surface area contributed by atoms with Gasteiger partial charge in [0.2, 0.25) is 0 Å². The van der Waals surface area contributed by atoms with Gasteiger partial charge >= 0.3 is 0 Å². The predicted molar refractivity (Wildman–Crippen MR) is 117 cm³/mol. The molecule has 150 valence electrons. The Morgan fingerprint density at radius 2 is 1.72 bits per heavy atom. The molecule has 2 fully saturated rings. The summed E-state index contributed by atoms with van der Waals surface area (Å²) in [5.41, 5.74) is 6.19. The number of hydrogen-bond donors (Lipinski definition) is 2. The van der Waals surface area contributed by atoms with Gasteiger partial charge in [-0.25, -0.2) is 0 Å². The lowest BCUT2D eigenvalue weighted by Crippen LogP contribution is -2.31. The van der Waals surface area contributed by atoms with Gasteiger partial charge in [0, 0.05) is 30.2 Å². The second kappa shape index (κ2) is 7.34. The predicted octanol–water partition coefficient (Wildman–Crippen LogP) is 5.35. The normalized spacial score (nSPS) is 18.2. The van der Waals surface area contributed by atoms with Crippen molar-refractivity contribution in [3.8, 4) is 16.9 Å². The second-order valence-electron chi connectivity index (χ2n) is 8.63. The minimum absolute atomic E-state index is 0.319. The average molecular weight is 389 g/mol. The van der Waals surface area contributed by atoms with E-state index in [-0.39, 0.29) is 0 Å². The summed E-state index contributed by atoms with van der Waals surface area (Å²) in [5, 5.41) is 22.0. The van der Waals surface area contributed by atoms with Crippen molar-refractivity contribution >= 4 is 16.6 Å². The number of nitrogens with zero attached hydrogens (tertiary/aromatic N) is 2. The number of hydrogen-bond acceptors (Lipinski definition) is 4. The summed E-state index contributed by atoms with van der Waals surface area (Å²) in [6.07, 6.45) is 7.34. The first-order valence-electron chi connectivity index (χ1n) is 10.8. The molecule has 29 heavy (non-hydrogen) atoms. The van der Waals surface area contributed by atoms with Gasteiger partial charge in [0.05, 0.1) is 17.3 Å². The molecule has 0 radical (unpaired) electrons. The Labute approximate surface area is 171 Å². The van der Waals surface area contributed by atoms with E-state index in [2.05, 4.69) is 23.1 Å². The van der Waals surface area contributed by atoms with E-state index in [1.807, 2.05) is 25.3 Å². The Bertz CT molecular complexity index is 1050. The summed E-state index contributed by atoms with van der Waals surface area (Å²) in [5.74, 6) is 0.695. The molecule has 1 aliphatic heterocycles. The zero-order valence-electron chi connectivity index (χ0n) is 16.9. The number of piperidine rings is 1. The number of phenolic OH excluding ortho intramolecular Hbond substituents is 1. The third-order valence-electron chi connectivity index (χ3n) is 6.46. The number of aromatic hydroxyl groups is 1. The molecule has 0 amide bonds. The second-order valence-corrected chi connectivity index (χ2v) is 8.63. The smallest absolute Gasteiger partial charge is 0.118 e. The van der Waals surface area contributed by atoms with Crippen molar-refractivity contribution in [2.24, 2.45) is 5.92 Å². The number of anilines is 1. The first-order valence-corrected chi connectivity index (χ1v) is 10.8. The van der Waals surface area contributed by atoms with Crippen LogP contribution in [0.1, 0.15) is 49.3 Å². The Hall–Kier alpha value is -2.59. The van der Waals surface area contributed by atoms with E-state index in [4.69, 9.17) is 4.98 Å². The first-order chi connectivity index (χ1) is 14.1. The highest BCUT2D eigenvalue weighted by Crippen LogP contribution is 2.46. The van der Waals surface area contributed by atoms with Gasteiger partial charge in [0.25, 0.3) is 0 Å². The van der Waals surface area contributed by atoms with Gasteiger partial charge in [0.15, 0.2) is 0 Å². The van der Waals surface area contributed by atoms with Crippen LogP contribution in [0.25, 0.3) is 22.0 Å². The number of fused-ring (bicyclic) bond motifs is 1. The SMILES string of the molecule is Cc1cc(-c2ccc3ncc(C(O)C4CC4)c(N4CCCCC4)c3c2)ccc1O. The van der Waals surface area contributed by atoms with Crippen LogP contribution in [-0.4, -0.2) is 28.3 Å². The molecule has 2 N–H and O–H groups in total. The fourth-order valence-electron chi connectivity index (χ4n) is 4.56. The Kier molecular flexibility index (Phi) is 4.67. The number of aliphatic hydroxyl groups is 1. The molecule has 0 spiro atoms. The third-order valence-corrected chi connectivity index (χ3v) is 6.46. The summed E-state index contributed by atoms with van der Waals surface area (Å²) in [6, 6.07) is 12.1. The Morgan fingerprint density at radius 1 is 1.00 bits per heavy atom. The molecular weight excluding hydrogens is 360 g/mol. The van der Waals surface area contributed by atoms with Crippen molar-refractivity contribution in [2.75, 3.05) is 18.0 Å². The highest BCUT2D eigenvalue weighted by Gasteiger charge is 2.34. The van der Waals surface area contributed by atoms with E-state index in [9.17, 15) is 10.2 Å². The molecule has 1 unspecified atom stereocenters. The zero-order chi connectivity index (χ0) is 20.0. The minimum atomic E-state index is -0.427. The van der Waals surface area contributed by atoms with E-state index in [1.165, 1.54) is 24.9 Å². The number of aliphatic hydroxyl groups excluding tert-OH is 1. The van der Waals surface area contributed by atoms with Crippen molar-refractivity contribution in [1.82, 2.24) is 4.98 Å². The average Bonchev–Trinajstić information content (AvgIpc) is 3.60. The van der Waals surface area contributed by atoms with Crippen LogP contribution in [0.15, 0.2) is 42.6 Å². The van der Waals surface area contributed by atoms with Crippen LogP contribution in [0.5, 0.6) is 5.75 Å². The van der Waals surface area contributed by atoms with Gasteiger partial charge in [-0.05, 0) is 85.9 Å². The molecule has 0 bridgehead atoms. The van der Waals surface area contributed by atoms with Gasteiger partial charge in [0.1, 0.15) is 5.75 Å². The quantitative estimate of drug-likeness (QED) is 0.633. The van der Waals surface area contributed by atoms with Crippen molar-refractivity contribution in [1.29, 1.82) is 0 Å². The van der Waals surface area contributed by atoms with E-state index < -0.39 is 6.10 Å². The summed E-state index contributed by atoms with van der Waals surface area (Å²) in [7, 11) is 0. The summed E-state index contributed by atoms with van der Waals surface area (Å²) in [4.78, 5) is 7.17. The molecule has 1 aromatic heterocycles. The van der Waals surface area contributed by atoms with E-state index in [0.29, 0.717) is 11.7 Å². The summed E-state index contributed by atoms with van der Waals surface area (Å²) in [6.45, 7) is 3.99. The van der Waals surface area contributed by atoms with Crippen molar-refractivity contribution in [3.05, 3.63) is 53.7 Å². The highest BCUT2D eigenvalue weighted by molar-refractivity contribution is 5.96. The summed E-state index contributed by atoms with van der Waals surface area (Å²) < 4.78 is 0. The lowest BCUT2D eigenvalue weighted by Gasteiger charge is -2.32. The summed E-state index contributed by atoms with van der Waals surface area (Å²) >= 11 is 0. The number of pyridine rings is 1. The van der Waals surface area contributed by atoms with Gasteiger partial charge in [-0.15, -0.1) is 0 Å². The molecule has 2 aliphatic rings. The number of rotatable bonds is 4. The largest absolute Gasteiger partial charge is 0.508 e. The van der Waals surface area contributed by atoms with E-state index in [1.54, 1.807) is 6.07 Å². The van der Waals surface area contributed by atoms with Gasteiger partial charge in [-0.2, -0.15) is 0 Å². The number of phenols is 1. The Morgan fingerprint density at radius 3 is 2.45 bits per heavy atom. The molecule has 1 aliphatic carbocycles. The first kappa shape index (κ1) is 18.4. The zero-order valence-corrected chi connectivity index (χ0v) is 16.9. The highest BCUT2D eigenvalue weighted by atomic mass is 16.3. The molecule has 2 heterocycles. The molecule has 4 nitrogen and oxygen atoms in total. The fourth-order valence-corrected chi connectivity index (χ4v) is 4.56. The minimum Gasteiger partial charge on any atom is -0.508 e. The van der Waals surface area contributed by atoms with Crippen LogP contribution in [0.4, 0.5) is 5.69 Å². The monoisotopic (exact) mass is 388 g/mol. The molecule has 2 aromatic carbocycles.